The third-order valence-electron chi connectivity index (χ3n) is 2.26. The molecule has 18 heavy (non-hydrogen) atoms. The zero-order chi connectivity index (χ0) is 13.9. The minimum Gasteiger partial charge on any atom is -0.392 e. The molecule has 1 aromatic carbocycles. The van der Waals surface area contributed by atoms with Crippen LogP contribution in [0.5, 0.6) is 0 Å². The molecule has 0 heterocycles. The number of alkyl halides is 2. The molecule has 0 radical (unpaired) electrons. The fourth-order valence-corrected chi connectivity index (χ4v) is 2.50. The molecule has 0 saturated carbocycles. The number of sulfonamides is 1. The van der Waals surface area contributed by atoms with Gasteiger partial charge in [-0.3, -0.25) is 0 Å². The number of halogens is 3. The van der Waals surface area contributed by atoms with Crippen LogP contribution < -0.4 is 0 Å². The monoisotopic (exact) mass is 283 g/mol. The van der Waals surface area contributed by atoms with Gasteiger partial charge in [-0.25, -0.2) is 21.6 Å². The third kappa shape index (κ3) is 3.21. The van der Waals surface area contributed by atoms with Crippen molar-refractivity contribution in [1.82, 2.24) is 4.31 Å². The van der Waals surface area contributed by atoms with Gasteiger partial charge in [-0.15, -0.1) is 0 Å². The molecule has 0 bridgehead atoms. The molecular formula is C10H12F3NO3S. The number of hydrogen-bond acceptors (Lipinski definition) is 3. The van der Waals surface area contributed by atoms with Crippen molar-refractivity contribution in [3.8, 4) is 0 Å². The lowest BCUT2D eigenvalue weighted by atomic mass is 10.2. The van der Waals surface area contributed by atoms with Crippen LogP contribution in [-0.4, -0.2) is 37.8 Å². The molecule has 0 aliphatic carbocycles. The summed E-state index contributed by atoms with van der Waals surface area (Å²) in [5.41, 5.74) is 0.197. The van der Waals surface area contributed by atoms with Crippen LogP contribution in [0.25, 0.3) is 0 Å². The molecule has 4 nitrogen and oxygen atoms in total. The van der Waals surface area contributed by atoms with E-state index in [1.54, 1.807) is 0 Å². The lowest BCUT2D eigenvalue weighted by Gasteiger charge is -2.17. The minimum absolute atomic E-state index is 0.197. The van der Waals surface area contributed by atoms with E-state index in [2.05, 4.69) is 0 Å². The van der Waals surface area contributed by atoms with Gasteiger partial charge in [-0.05, 0) is 17.7 Å². The van der Waals surface area contributed by atoms with Crippen molar-refractivity contribution >= 4 is 10.0 Å². The largest absolute Gasteiger partial charge is 0.392 e. The van der Waals surface area contributed by atoms with Crippen molar-refractivity contribution in [2.45, 2.75) is 17.9 Å². The van der Waals surface area contributed by atoms with Crippen molar-refractivity contribution in [2.75, 3.05) is 13.6 Å². The summed E-state index contributed by atoms with van der Waals surface area (Å²) in [6.45, 7) is -1.45. The van der Waals surface area contributed by atoms with Crippen LogP contribution in [0.1, 0.15) is 5.56 Å². The zero-order valence-corrected chi connectivity index (χ0v) is 10.3. The first-order chi connectivity index (χ1) is 8.28. The highest BCUT2D eigenvalue weighted by molar-refractivity contribution is 7.89. The van der Waals surface area contributed by atoms with Crippen molar-refractivity contribution in [3.63, 3.8) is 0 Å². The molecule has 8 heteroatoms. The summed E-state index contributed by atoms with van der Waals surface area (Å²) >= 11 is 0. The molecule has 0 unspecified atom stereocenters. The Morgan fingerprint density at radius 3 is 2.44 bits per heavy atom. The first kappa shape index (κ1) is 14.9. The Kier molecular flexibility index (Phi) is 4.71. The molecule has 0 aromatic heterocycles. The molecule has 0 aliphatic heterocycles. The van der Waals surface area contributed by atoms with E-state index in [1.807, 2.05) is 0 Å². The van der Waals surface area contributed by atoms with Crippen molar-refractivity contribution in [2.24, 2.45) is 0 Å². The van der Waals surface area contributed by atoms with Gasteiger partial charge < -0.3 is 5.11 Å². The zero-order valence-electron chi connectivity index (χ0n) is 9.48. The van der Waals surface area contributed by atoms with E-state index in [1.165, 1.54) is 6.07 Å². The van der Waals surface area contributed by atoms with Crippen LogP contribution in [0.4, 0.5) is 13.2 Å². The van der Waals surface area contributed by atoms with Gasteiger partial charge in [0.2, 0.25) is 10.0 Å². The van der Waals surface area contributed by atoms with Crippen LogP contribution in [-0.2, 0) is 16.6 Å². The van der Waals surface area contributed by atoms with Gasteiger partial charge in [0.05, 0.1) is 13.2 Å². The SMILES string of the molecule is CN(CC(F)F)S(=O)(=O)c1ccc(CO)cc1F. The van der Waals surface area contributed by atoms with Crippen LogP contribution in [0.2, 0.25) is 0 Å². The standard InChI is InChI=1S/C10H12F3NO3S/c1-14(5-10(12)13)18(16,17)9-3-2-7(6-15)4-8(9)11/h2-4,10,15H,5-6H2,1H3. The van der Waals surface area contributed by atoms with Gasteiger partial charge in [0.15, 0.2) is 0 Å². The Labute approximate surface area is 103 Å². The van der Waals surface area contributed by atoms with Crippen molar-refractivity contribution in [1.29, 1.82) is 0 Å². The lowest BCUT2D eigenvalue weighted by molar-refractivity contribution is 0.126. The molecule has 102 valence electrons. The predicted molar refractivity (Wildman–Crippen MR) is 58.1 cm³/mol. The van der Waals surface area contributed by atoms with E-state index >= 15 is 0 Å². The average molecular weight is 283 g/mol. The smallest absolute Gasteiger partial charge is 0.252 e. The summed E-state index contributed by atoms with van der Waals surface area (Å²) in [7, 11) is -3.35. The predicted octanol–water partition coefficient (Wildman–Crippen LogP) is 1.20. The number of benzene rings is 1. The second-order valence-corrected chi connectivity index (χ2v) is 5.61. The van der Waals surface area contributed by atoms with Gasteiger partial charge in [0, 0.05) is 7.05 Å². The van der Waals surface area contributed by atoms with Crippen LogP contribution >= 0.6 is 0 Å². The maximum Gasteiger partial charge on any atom is 0.252 e. The number of aliphatic hydroxyl groups is 1. The van der Waals surface area contributed by atoms with Gasteiger partial charge in [-0.1, -0.05) is 6.07 Å². The molecule has 0 fully saturated rings. The Hall–Kier alpha value is -1.12. The van der Waals surface area contributed by atoms with E-state index in [-0.39, 0.29) is 5.56 Å². The van der Waals surface area contributed by atoms with Gasteiger partial charge >= 0.3 is 0 Å². The van der Waals surface area contributed by atoms with E-state index in [0.717, 1.165) is 19.2 Å². The average Bonchev–Trinajstić information content (AvgIpc) is 2.27. The van der Waals surface area contributed by atoms with Gasteiger partial charge in [0.1, 0.15) is 10.7 Å². The lowest BCUT2D eigenvalue weighted by Crippen LogP contribution is -2.32. The Balaban J connectivity index is 3.12. The maximum atomic E-state index is 13.5. The van der Waals surface area contributed by atoms with Crippen molar-refractivity contribution < 1.29 is 26.7 Å². The highest BCUT2D eigenvalue weighted by atomic mass is 32.2. The Morgan fingerprint density at radius 1 is 1.39 bits per heavy atom. The summed E-state index contributed by atoms with van der Waals surface area (Å²) in [6, 6.07) is 3.01. The number of hydrogen-bond donors (Lipinski definition) is 1. The van der Waals surface area contributed by atoms with E-state index in [0.29, 0.717) is 4.31 Å². The third-order valence-corrected chi connectivity index (χ3v) is 4.12. The highest BCUT2D eigenvalue weighted by Gasteiger charge is 2.26. The summed E-state index contributed by atoms with van der Waals surface area (Å²) in [5.74, 6) is -1.08. The molecular weight excluding hydrogens is 271 g/mol. The normalized spacial score (nSPS) is 12.4. The molecule has 0 atom stereocenters. The molecule has 1 aromatic rings. The Morgan fingerprint density at radius 2 is 2.00 bits per heavy atom. The summed E-state index contributed by atoms with van der Waals surface area (Å²) in [5, 5.41) is 8.76. The highest BCUT2D eigenvalue weighted by Crippen LogP contribution is 2.20. The molecule has 0 amide bonds. The quantitative estimate of drug-likeness (QED) is 0.883. The van der Waals surface area contributed by atoms with E-state index in [4.69, 9.17) is 5.11 Å². The summed E-state index contributed by atoms with van der Waals surface area (Å²) in [6.07, 6.45) is -2.84. The van der Waals surface area contributed by atoms with Crippen LogP contribution in [0.15, 0.2) is 23.1 Å². The van der Waals surface area contributed by atoms with Gasteiger partial charge in [-0.2, -0.15) is 4.31 Å². The van der Waals surface area contributed by atoms with Gasteiger partial charge in [0.25, 0.3) is 6.43 Å². The van der Waals surface area contributed by atoms with E-state index < -0.39 is 40.3 Å². The first-order valence-corrected chi connectivity index (χ1v) is 6.37. The number of aliphatic hydroxyl groups excluding tert-OH is 1. The van der Waals surface area contributed by atoms with Crippen LogP contribution in [0, 0.1) is 5.82 Å². The number of rotatable bonds is 5. The second kappa shape index (κ2) is 5.68. The van der Waals surface area contributed by atoms with Crippen molar-refractivity contribution in [3.05, 3.63) is 29.6 Å². The Bertz CT molecular complexity index is 519. The first-order valence-electron chi connectivity index (χ1n) is 4.92. The topological polar surface area (TPSA) is 57.6 Å². The molecule has 0 spiro atoms. The minimum atomic E-state index is -4.29. The number of nitrogens with zero attached hydrogens (tertiary/aromatic N) is 1. The molecule has 1 N–H and O–H groups in total. The fraction of sp³-hybridized carbons (Fsp3) is 0.400. The molecule has 0 saturated heterocycles. The van der Waals surface area contributed by atoms with Crippen LogP contribution in [0.3, 0.4) is 0 Å². The molecule has 0 aliphatic rings. The van der Waals surface area contributed by atoms with E-state index in [9.17, 15) is 21.6 Å². The fourth-order valence-electron chi connectivity index (χ4n) is 1.31. The summed E-state index contributed by atoms with van der Waals surface area (Å²) in [4.78, 5) is -0.692. The second-order valence-electron chi connectivity index (χ2n) is 3.60. The maximum absolute atomic E-state index is 13.5. The summed E-state index contributed by atoms with van der Waals surface area (Å²) < 4.78 is 61.7. The molecule has 1 rings (SSSR count).